The molecule has 0 aliphatic rings. The van der Waals surface area contributed by atoms with E-state index < -0.39 is 0 Å². The number of hydrogen-bond donors (Lipinski definition) is 1. The molecule has 0 atom stereocenters. The molecule has 0 saturated heterocycles. The molecule has 1 aromatic heterocycles. The minimum atomic E-state index is 0.522. The van der Waals surface area contributed by atoms with Crippen LogP contribution in [0.5, 0.6) is 5.75 Å². The van der Waals surface area contributed by atoms with E-state index in [1.807, 2.05) is 30.3 Å². The molecule has 0 unspecified atom stereocenters. The van der Waals surface area contributed by atoms with Crippen molar-refractivity contribution in [3.8, 4) is 16.9 Å². The van der Waals surface area contributed by atoms with Gasteiger partial charge in [0.25, 0.3) is 0 Å². The Hall–Kier alpha value is -2.03. The zero-order chi connectivity index (χ0) is 10.7. The molecule has 0 bridgehead atoms. The maximum Gasteiger partial charge on any atom is 0.126 e. The molecule has 2 aromatic rings. The number of pyridine rings is 1. The number of aromatic nitrogens is 1. The number of ether oxygens (including phenoxy) is 1. The van der Waals surface area contributed by atoms with Gasteiger partial charge in [0.15, 0.2) is 0 Å². The molecule has 1 heterocycles. The fourth-order valence-electron chi connectivity index (χ4n) is 1.45. The van der Waals surface area contributed by atoms with Crippen molar-refractivity contribution >= 4 is 5.82 Å². The van der Waals surface area contributed by atoms with E-state index in [1.165, 1.54) is 0 Å². The van der Waals surface area contributed by atoms with Gasteiger partial charge in [-0.25, -0.2) is 4.98 Å². The normalized spacial score (nSPS) is 9.93. The van der Waals surface area contributed by atoms with E-state index in [0.717, 1.165) is 16.9 Å². The third kappa shape index (κ3) is 1.91. The molecule has 2 rings (SSSR count). The Kier molecular flexibility index (Phi) is 2.54. The van der Waals surface area contributed by atoms with Crippen molar-refractivity contribution in [2.75, 3.05) is 12.8 Å². The number of nitrogen functional groups attached to an aromatic ring is 1. The van der Waals surface area contributed by atoms with Gasteiger partial charge in [-0.15, -0.1) is 0 Å². The first-order valence-corrected chi connectivity index (χ1v) is 4.66. The lowest BCUT2D eigenvalue weighted by atomic mass is 10.1. The van der Waals surface area contributed by atoms with Crippen LogP contribution in [0.15, 0.2) is 42.6 Å². The smallest absolute Gasteiger partial charge is 0.126 e. The van der Waals surface area contributed by atoms with Gasteiger partial charge < -0.3 is 10.5 Å². The summed E-state index contributed by atoms with van der Waals surface area (Å²) >= 11 is 0. The molecule has 0 aliphatic carbocycles. The molecular formula is C12H12N2O. The van der Waals surface area contributed by atoms with Crippen molar-refractivity contribution in [2.45, 2.75) is 0 Å². The van der Waals surface area contributed by atoms with Gasteiger partial charge >= 0.3 is 0 Å². The first-order chi connectivity index (χ1) is 7.31. The topological polar surface area (TPSA) is 48.1 Å². The minimum absolute atomic E-state index is 0.522. The van der Waals surface area contributed by atoms with E-state index in [9.17, 15) is 0 Å². The van der Waals surface area contributed by atoms with Crippen molar-refractivity contribution in [1.29, 1.82) is 0 Å². The highest BCUT2D eigenvalue weighted by molar-refractivity contribution is 5.70. The fraction of sp³-hybridized carbons (Fsp3) is 0.0833. The van der Waals surface area contributed by atoms with Crippen LogP contribution >= 0.6 is 0 Å². The zero-order valence-electron chi connectivity index (χ0n) is 8.47. The molecule has 0 radical (unpaired) electrons. The van der Waals surface area contributed by atoms with Crippen molar-refractivity contribution in [3.63, 3.8) is 0 Å². The second-order valence-electron chi connectivity index (χ2n) is 3.17. The number of para-hydroxylation sites is 1. The maximum atomic E-state index is 5.53. The number of hydrogen-bond acceptors (Lipinski definition) is 3. The van der Waals surface area contributed by atoms with Crippen molar-refractivity contribution < 1.29 is 4.74 Å². The SMILES string of the molecule is COc1ccccc1-c1ccc(N)nc1. The third-order valence-corrected chi connectivity index (χ3v) is 2.20. The van der Waals surface area contributed by atoms with Crippen LogP contribution in [-0.4, -0.2) is 12.1 Å². The fourth-order valence-corrected chi connectivity index (χ4v) is 1.45. The van der Waals surface area contributed by atoms with Crippen LogP contribution in [0.25, 0.3) is 11.1 Å². The summed E-state index contributed by atoms with van der Waals surface area (Å²) in [5.41, 5.74) is 7.56. The zero-order valence-corrected chi connectivity index (χ0v) is 8.47. The second-order valence-corrected chi connectivity index (χ2v) is 3.17. The molecular weight excluding hydrogens is 188 g/mol. The third-order valence-electron chi connectivity index (χ3n) is 2.20. The van der Waals surface area contributed by atoms with Gasteiger partial charge in [0, 0.05) is 17.3 Å². The monoisotopic (exact) mass is 200 g/mol. The summed E-state index contributed by atoms with van der Waals surface area (Å²) < 4.78 is 5.27. The molecule has 1 aromatic carbocycles. The van der Waals surface area contributed by atoms with Gasteiger partial charge in [-0.1, -0.05) is 18.2 Å². The van der Waals surface area contributed by atoms with Crippen LogP contribution in [0.2, 0.25) is 0 Å². The standard InChI is InChI=1S/C12H12N2O/c1-15-11-5-3-2-4-10(11)9-6-7-12(13)14-8-9/h2-8H,1H3,(H2,13,14). The summed E-state index contributed by atoms with van der Waals surface area (Å²) in [6.07, 6.45) is 1.74. The van der Waals surface area contributed by atoms with Crippen LogP contribution in [-0.2, 0) is 0 Å². The number of nitrogens with zero attached hydrogens (tertiary/aromatic N) is 1. The molecule has 0 saturated carbocycles. The minimum Gasteiger partial charge on any atom is -0.496 e. The average Bonchev–Trinajstić information content (AvgIpc) is 2.30. The Morgan fingerprint density at radius 1 is 1.13 bits per heavy atom. The molecule has 15 heavy (non-hydrogen) atoms. The molecule has 3 nitrogen and oxygen atoms in total. The van der Waals surface area contributed by atoms with Crippen molar-refractivity contribution in [1.82, 2.24) is 4.98 Å². The molecule has 0 amide bonds. The molecule has 76 valence electrons. The summed E-state index contributed by atoms with van der Waals surface area (Å²) in [6, 6.07) is 11.5. The maximum absolute atomic E-state index is 5.53. The highest BCUT2D eigenvalue weighted by atomic mass is 16.5. The summed E-state index contributed by atoms with van der Waals surface area (Å²) in [6.45, 7) is 0. The summed E-state index contributed by atoms with van der Waals surface area (Å²) in [5, 5.41) is 0. The Morgan fingerprint density at radius 2 is 1.93 bits per heavy atom. The van der Waals surface area contributed by atoms with Gasteiger partial charge in [0.1, 0.15) is 11.6 Å². The van der Waals surface area contributed by atoms with Crippen LogP contribution in [0.3, 0.4) is 0 Å². The van der Waals surface area contributed by atoms with Crippen LogP contribution in [0.1, 0.15) is 0 Å². The highest BCUT2D eigenvalue weighted by Gasteiger charge is 2.04. The molecule has 0 spiro atoms. The lowest BCUT2D eigenvalue weighted by Crippen LogP contribution is -1.91. The van der Waals surface area contributed by atoms with Gasteiger partial charge in [-0.3, -0.25) is 0 Å². The Morgan fingerprint density at radius 3 is 2.60 bits per heavy atom. The van der Waals surface area contributed by atoms with E-state index in [2.05, 4.69) is 4.98 Å². The molecule has 0 fully saturated rings. The van der Waals surface area contributed by atoms with E-state index in [-0.39, 0.29) is 0 Å². The first-order valence-electron chi connectivity index (χ1n) is 4.66. The number of anilines is 1. The summed E-state index contributed by atoms with van der Waals surface area (Å²) in [4.78, 5) is 4.05. The number of nitrogens with two attached hydrogens (primary N) is 1. The van der Waals surface area contributed by atoms with Gasteiger partial charge in [0.05, 0.1) is 7.11 Å². The van der Waals surface area contributed by atoms with Crippen LogP contribution < -0.4 is 10.5 Å². The highest BCUT2D eigenvalue weighted by Crippen LogP contribution is 2.28. The van der Waals surface area contributed by atoms with Crippen molar-refractivity contribution in [2.24, 2.45) is 0 Å². The van der Waals surface area contributed by atoms with E-state index in [1.54, 1.807) is 19.4 Å². The quantitative estimate of drug-likeness (QED) is 0.809. The molecule has 2 N–H and O–H groups in total. The predicted octanol–water partition coefficient (Wildman–Crippen LogP) is 2.34. The molecule has 0 aliphatic heterocycles. The van der Waals surface area contributed by atoms with Crippen molar-refractivity contribution in [3.05, 3.63) is 42.6 Å². The van der Waals surface area contributed by atoms with Gasteiger partial charge in [-0.2, -0.15) is 0 Å². The lowest BCUT2D eigenvalue weighted by Gasteiger charge is -2.07. The van der Waals surface area contributed by atoms with Crippen LogP contribution in [0.4, 0.5) is 5.82 Å². The average molecular weight is 200 g/mol. The largest absolute Gasteiger partial charge is 0.496 e. The van der Waals surface area contributed by atoms with E-state index in [4.69, 9.17) is 10.5 Å². The van der Waals surface area contributed by atoms with E-state index in [0.29, 0.717) is 5.82 Å². The number of methoxy groups -OCH3 is 1. The first kappa shape index (κ1) is 9.52. The van der Waals surface area contributed by atoms with Gasteiger partial charge in [0.2, 0.25) is 0 Å². The Balaban J connectivity index is 2.49. The van der Waals surface area contributed by atoms with E-state index >= 15 is 0 Å². The summed E-state index contributed by atoms with van der Waals surface area (Å²) in [5.74, 6) is 1.36. The van der Waals surface area contributed by atoms with Crippen LogP contribution in [0, 0.1) is 0 Å². The summed E-state index contributed by atoms with van der Waals surface area (Å²) in [7, 11) is 1.66. The predicted molar refractivity (Wildman–Crippen MR) is 60.6 cm³/mol. The van der Waals surface area contributed by atoms with Gasteiger partial charge in [-0.05, 0) is 18.2 Å². The second kappa shape index (κ2) is 4.00. The Bertz CT molecular complexity index is 451. The number of benzene rings is 1. The Labute approximate surface area is 88.5 Å². The lowest BCUT2D eigenvalue weighted by molar-refractivity contribution is 0.416. The number of rotatable bonds is 2. The molecule has 3 heteroatoms.